The summed E-state index contributed by atoms with van der Waals surface area (Å²) in [6.45, 7) is 4.59. The van der Waals surface area contributed by atoms with Gasteiger partial charge in [-0.25, -0.2) is 0 Å². The van der Waals surface area contributed by atoms with Crippen molar-refractivity contribution in [2.45, 2.75) is 38.4 Å². The molecule has 1 unspecified atom stereocenters. The van der Waals surface area contributed by atoms with Crippen molar-refractivity contribution in [3.8, 4) is 0 Å². The van der Waals surface area contributed by atoms with Gasteiger partial charge in [-0.1, -0.05) is 31.5 Å². The predicted octanol–water partition coefficient (Wildman–Crippen LogP) is 1.31. The normalized spacial score (nSPS) is 12.1. The van der Waals surface area contributed by atoms with Crippen LogP contribution in [0.2, 0.25) is 0 Å². The zero-order chi connectivity index (χ0) is 11.0. The summed E-state index contributed by atoms with van der Waals surface area (Å²) in [7, 11) is 0. The van der Waals surface area contributed by atoms with Crippen LogP contribution in [0.1, 0.15) is 33.1 Å². The fourth-order valence-electron chi connectivity index (χ4n) is 0.974. The minimum Gasteiger partial charge on any atom is -0.379 e. The van der Waals surface area contributed by atoms with Crippen molar-refractivity contribution in [1.82, 2.24) is 5.32 Å². The molecule has 5 heteroatoms. The van der Waals surface area contributed by atoms with E-state index in [1.165, 1.54) is 0 Å². The SMILES string of the molecule is CCCCCNC(=O)C(C)SC(=N)N. The molecule has 0 rings (SSSR count). The largest absolute Gasteiger partial charge is 0.379 e. The fraction of sp³-hybridized carbons (Fsp3) is 0.778. The second-order valence-electron chi connectivity index (χ2n) is 3.12. The molecule has 1 atom stereocenters. The van der Waals surface area contributed by atoms with Crippen LogP contribution in [0.15, 0.2) is 0 Å². The molecule has 4 N–H and O–H groups in total. The molecule has 0 aliphatic heterocycles. The van der Waals surface area contributed by atoms with E-state index in [4.69, 9.17) is 11.1 Å². The van der Waals surface area contributed by atoms with Gasteiger partial charge in [0.15, 0.2) is 5.17 Å². The molecule has 0 aromatic heterocycles. The van der Waals surface area contributed by atoms with E-state index in [9.17, 15) is 4.79 Å². The predicted molar refractivity (Wildman–Crippen MR) is 61.5 cm³/mol. The first kappa shape index (κ1) is 13.3. The van der Waals surface area contributed by atoms with Crippen molar-refractivity contribution < 1.29 is 4.79 Å². The number of carbonyl (C=O) groups excluding carboxylic acids is 1. The van der Waals surface area contributed by atoms with E-state index in [2.05, 4.69) is 12.2 Å². The Morgan fingerprint density at radius 3 is 2.71 bits per heavy atom. The van der Waals surface area contributed by atoms with Crippen molar-refractivity contribution in [2.24, 2.45) is 5.73 Å². The highest BCUT2D eigenvalue weighted by Gasteiger charge is 2.13. The van der Waals surface area contributed by atoms with Crippen molar-refractivity contribution in [2.75, 3.05) is 6.54 Å². The van der Waals surface area contributed by atoms with Gasteiger partial charge in [0.05, 0.1) is 5.25 Å². The first-order chi connectivity index (χ1) is 6.57. The molecule has 0 aliphatic carbocycles. The highest BCUT2D eigenvalue weighted by Crippen LogP contribution is 2.08. The zero-order valence-electron chi connectivity index (χ0n) is 8.80. The van der Waals surface area contributed by atoms with Crippen LogP contribution in [0, 0.1) is 5.41 Å². The summed E-state index contributed by atoms with van der Waals surface area (Å²) < 4.78 is 0. The Labute approximate surface area is 89.5 Å². The lowest BCUT2D eigenvalue weighted by molar-refractivity contribution is -0.120. The van der Waals surface area contributed by atoms with Gasteiger partial charge in [-0.15, -0.1) is 0 Å². The summed E-state index contributed by atoms with van der Waals surface area (Å²) >= 11 is 1.08. The van der Waals surface area contributed by atoms with E-state index in [-0.39, 0.29) is 16.3 Å². The fourth-order valence-corrected chi connectivity index (χ4v) is 1.55. The van der Waals surface area contributed by atoms with Crippen molar-refractivity contribution in [3.05, 3.63) is 0 Å². The van der Waals surface area contributed by atoms with E-state index in [0.717, 1.165) is 37.6 Å². The minimum atomic E-state index is -0.269. The lowest BCUT2D eigenvalue weighted by Gasteiger charge is -2.10. The second kappa shape index (κ2) is 7.67. The third-order valence-electron chi connectivity index (χ3n) is 1.75. The van der Waals surface area contributed by atoms with Crippen LogP contribution >= 0.6 is 11.8 Å². The topological polar surface area (TPSA) is 79.0 Å². The number of rotatable bonds is 6. The molecule has 0 spiro atoms. The van der Waals surface area contributed by atoms with Gasteiger partial charge < -0.3 is 11.1 Å². The van der Waals surface area contributed by atoms with Crippen LogP contribution in [-0.2, 0) is 4.79 Å². The molecule has 0 aromatic carbocycles. The van der Waals surface area contributed by atoms with Crippen LogP contribution in [0.25, 0.3) is 0 Å². The molecule has 0 bridgehead atoms. The molecule has 14 heavy (non-hydrogen) atoms. The van der Waals surface area contributed by atoms with Gasteiger partial charge in [0, 0.05) is 6.54 Å². The van der Waals surface area contributed by atoms with Crippen LogP contribution in [0.4, 0.5) is 0 Å². The number of nitrogens with one attached hydrogen (secondary N) is 2. The van der Waals surface area contributed by atoms with Gasteiger partial charge in [0.25, 0.3) is 0 Å². The van der Waals surface area contributed by atoms with Gasteiger partial charge in [0.2, 0.25) is 5.91 Å². The Morgan fingerprint density at radius 2 is 2.21 bits per heavy atom. The van der Waals surface area contributed by atoms with E-state index >= 15 is 0 Å². The van der Waals surface area contributed by atoms with E-state index in [0.29, 0.717) is 0 Å². The van der Waals surface area contributed by atoms with E-state index in [1.807, 2.05) is 0 Å². The third-order valence-corrected chi connectivity index (χ3v) is 2.57. The first-order valence-electron chi connectivity index (χ1n) is 4.86. The Balaban J connectivity index is 3.57. The molecule has 1 amide bonds. The van der Waals surface area contributed by atoms with Gasteiger partial charge in [0.1, 0.15) is 0 Å². The second-order valence-corrected chi connectivity index (χ2v) is 4.51. The number of hydrogen-bond acceptors (Lipinski definition) is 3. The van der Waals surface area contributed by atoms with Gasteiger partial charge >= 0.3 is 0 Å². The summed E-state index contributed by atoms with van der Waals surface area (Å²) in [5.41, 5.74) is 5.17. The average Bonchev–Trinajstić information content (AvgIpc) is 2.11. The standard InChI is InChI=1S/C9H19N3OS/c1-3-4-5-6-12-8(13)7(2)14-9(10)11/h7H,3-6H2,1-2H3,(H3,10,11)(H,12,13). The summed E-state index contributed by atoms with van der Waals surface area (Å²) in [6, 6.07) is 0. The maximum atomic E-state index is 11.4. The number of nitrogens with two attached hydrogens (primary N) is 1. The highest BCUT2D eigenvalue weighted by molar-refractivity contribution is 8.14. The Kier molecular flexibility index (Phi) is 7.28. The number of hydrogen-bond donors (Lipinski definition) is 3. The zero-order valence-corrected chi connectivity index (χ0v) is 9.62. The lowest BCUT2D eigenvalue weighted by atomic mass is 10.2. The number of amides is 1. The van der Waals surface area contributed by atoms with Crippen LogP contribution in [0.3, 0.4) is 0 Å². The molecular formula is C9H19N3OS. The molecule has 0 fully saturated rings. The van der Waals surface area contributed by atoms with Crippen molar-refractivity contribution in [1.29, 1.82) is 5.41 Å². The van der Waals surface area contributed by atoms with E-state index < -0.39 is 0 Å². The summed E-state index contributed by atoms with van der Waals surface area (Å²) in [4.78, 5) is 11.4. The highest BCUT2D eigenvalue weighted by atomic mass is 32.2. The molecule has 82 valence electrons. The molecule has 4 nitrogen and oxygen atoms in total. The van der Waals surface area contributed by atoms with Crippen molar-refractivity contribution in [3.63, 3.8) is 0 Å². The number of carbonyl (C=O) groups is 1. The Bertz CT molecular complexity index is 196. The molecule has 0 radical (unpaired) electrons. The van der Waals surface area contributed by atoms with E-state index in [1.54, 1.807) is 6.92 Å². The average molecular weight is 217 g/mol. The van der Waals surface area contributed by atoms with Gasteiger partial charge in [-0.3, -0.25) is 10.2 Å². The summed E-state index contributed by atoms with van der Waals surface area (Å²) in [6.07, 6.45) is 3.29. The summed E-state index contributed by atoms with van der Waals surface area (Å²) in [5.74, 6) is -0.0405. The third kappa shape index (κ3) is 6.77. The number of thioether (sulfide) groups is 1. The molecule has 0 saturated heterocycles. The molecule has 0 aromatic rings. The van der Waals surface area contributed by atoms with Crippen LogP contribution in [-0.4, -0.2) is 22.9 Å². The first-order valence-corrected chi connectivity index (χ1v) is 5.74. The van der Waals surface area contributed by atoms with Gasteiger partial charge in [-0.05, 0) is 13.3 Å². The minimum absolute atomic E-state index is 0.0128. The van der Waals surface area contributed by atoms with Crippen LogP contribution < -0.4 is 11.1 Å². The molecular weight excluding hydrogens is 198 g/mol. The number of amidine groups is 1. The maximum absolute atomic E-state index is 11.4. The maximum Gasteiger partial charge on any atom is 0.233 e. The monoisotopic (exact) mass is 217 g/mol. The number of unbranched alkanes of at least 4 members (excludes halogenated alkanes) is 2. The van der Waals surface area contributed by atoms with Crippen LogP contribution in [0.5, 0.6) is 0 Å². The van der Waals surface area contributed by atoms with Crippen molar-refractivity contribution >= 4 is 22.8 Å². The smallest absolute Gasteiger partial charge is 0.233 e. The Morgan fingerprint density at radius 1 is 1.57 bits per heavy atom. The van der Waals surface area contributed by atoms with Gasteiger partial charge in [-0.2, -0.15) is 0 Å². The summed E-state index contributed by atoms with van der Waals surface area (Å²) in [5, 5.41) is 9.55. The molecule has 0 heterocycles. The molecule has 0 aliphatic rings. The quantitative estimate of drug-likeness (QED) is 0.356. The molecule has 0 saturated carbocycles. The Hall–Kier alpha value is -0.710. The lowest BCUT2D eigenvalue weighted by Crippen LogP contribution is -2.33.